The average Bonchev–Trinajstić information content (AvgIpc) is 3.11. The number of fused-ring (bicyclic) bond motifs is 2. The number of imide groups is 1. The van der Waals surface area contributed by atoms with Gasteiger partial charge in [0, 0.05) is 45.7 Å². The summed E-state index contributed by atoms with van der Waals surface area (Å²) in [6.07, 6.45) is 1.83. The van der Waals surface area contributed by atoms with Gasteiger partial charge in [-0.3, -0.25) is 19.5 Å². The molecule has 36 heavy (non-hydrogen) atoms. The molecule has 4 heterocycles. The van der Waals surface area contributed by atoms with E-state index in [1.165, 1.54) is 4.90 Å². The second kappa shape index (κ2) is 8.01. The van der Waals surface area contributed by atoms with Gasteiger partial charge in [0.1, 0.15) is 11.9 Å². The normalized spacial score (nSPS) is 26.1. The largest absolute Gasteiger partial charge is 0.488 e. The van der Waals surface area contributed by atoms with Gasteiger partial charge in [0.15, 0.2) is 0 Å². The molecule has 188 valence electrons. The van der Waals surface area contributed by atoms with E-state index in [2.05, 4.69) is 24.1 Å². The molecule has 3 unspecified atom stereocenters. The highest BCUT2D eigenvalue weighted by molar-refractivity contribution is 7.19. The third-order valence-corrected chi connectivity index (χ3v) is 9.60. The molecule has 2 aliphatic heterocycles. The molecule has 1 saturated carbocycles. The summed E-state index contributed by atoms with van der Waals surface area (Å²) < 4.78 is 7.65. The molecular weight excluding hydrogens is 494 g/mol. The number of halogens is 1. The topological polar surface area (TPSA) is 71.5 Å². The monoisotopic (exact) mass is 523 g/mol. The molecule has 2 amide bonds. The van der Waals surface area contributed by atoms with Gasteiger partial charge in [-0.05, 0) is 42.2 Å². The number of ether oxygens (including phenoxy) is 1. The number of carbonyl (C=O) groups excluding carboxylic acids is 2. The number of hydrogen-bond donors (Lipinski definition) is 1. The molecule has 0 radical (unpaired) electrons. The number of likely N-dealkylation sites (tertiary alicyclic amines) is 1. The highest BCUT2D eigenvalue weighted by Gasteiger charge is 2.72. The minimum atomic E-state index is -0.205. The molecule has 6 nitrogen and oxygen atoms in total. The number of amides is 2. The van der Waals surface area contributed by atoms with E-state index in [4.69, 9.17) is 16.3 Å². The Morgan fingerprint density at radius 2 is 1.86 bits per heavy atom. The lowest BCUT2D eigenvalue weighted by Crippen LogP contribution is -2.35. The first-order chi connectivity index (χ1) is 17.0. The van der Waals surface area contributed by atoms with Crippen LogP contribution in [0.5, 0.6) is 5.75 Å². The van der Waals surface area contributed by atoms with Gasteiger partial charge in [-0.15, -0.1) is 11.3 Å². The predicted molar refractivity (Wildman–Crippen MR) is 142 cm³/mol. The fourth-order valence-corrected chi connectivity index (χ4v) is 7.34. The quantitative estimate of drug-likeness (QED) is 0.451. The van der Waals surface area contributed by atoms with Crippen molar-refractivity contribution in [3.05, 3.63) is 45.9 Å². The first kappa shape index (κ1) is 23.9. The number of benzene rings is 1. The van der Waals surface area contributed by atoms with Gasteiger partial charge in [0.05, 0.1) is 28.6 Å². The predicted octanol–water partition coefficient (Wildman–Crippen LogP) is 5.44. The van der Waals surface area contributed by atoms with Crippen molar-refractivity contribution >= 4 is 45.0 Å². The molecule has 1 aromatic carbocycles. The molecule has 0 spiro atoms. The smallest absolute Gasteiger partial charge is 0.234 e. The number of rotatable bonds is 5. The molecular formula is C28H30ClN3O3S. The van der Waals surface area contributed by atoms with Crippen molar-refractivity contribution in [2.45, 2.75) is 47.3 Å². The Morgan fingerprint density at radius 1 is 1.14 bits per heavy atom. The van der Waals surface area contributed by atoms with E-state index >= 15 is 0 Å². The minimum absolute atomic E-state index is 0.0110. The number of thiophene rings is 1. The Morgan fingerprint density at radius 3 is 2.53 bits per heavy atom. The number of aromatic nitrogens is 1. The van der Waals surface area contributed by atoms with E-state index in [9.17, 15) is 9.59 Å². The lowest BCUT2D eigenvalue weighted by atomic mass is 9.89. The van der Waals surface area contributed by atoms with Gasteiger partial charge >= 0.3 is 0 Å². The number of hydrogen-bond acceptors (Lipinski definition) is 6. The van der Waals surface area contributed by atoms with Crippen molar-refractivity contribution < 1.29 is 14.3 Å². The molecule has 1 aliphatic carbocycles. The SMILES string of the molecule is Cc1cc(Cl)cc(-c2ccnc3cc(CN4C(=O)C5C(C4=O)C5(C)C)sc23)c1OC1CNCC1(C)C. The first-order valence-electron chi connectivity index (χ1n) is 12.4. The van der Waals surface area contributed by atoms with Crippen LogP contribution in [0.2, 0.25) is 5.02 Å². The van der Waals surface area contributed by atoms with E-state index in [1.54, 1.807) is 17.5 Å². The second-order valence-electron chi connectivity index (χ2n) is 11.7. The van der Waals surface area contributed by atoms with Crippen LogP contribution in [-0.4, -0.2) is 40.9 Å². The maximum atomic E-state index is 12.9. The van der Waals surface area contributed by atoms with Gasteiger partial charge in [-0.25, -0.2) is 0 Å². The Balaban J connectivity index is 1.37. The fourth-order valence-electron chi connectivity index (χ4n) is 5.94. The number of piperidine rings is 1. The molecule has 3 atom stereocenters. The zero-order valence-corrected chi connectivity index (χ0v) is 22.7. The molecule has 2 saturated heterocycles. The van der Waals surface area contributed by atoms with Crippen molar-refractivity contribution in [1.29, 1.82) is 0 Å². The van der Waals surface area contributed by atoms with Crippen molar-refractivity contribution in [3.63, 3.8) is 0 Å². The number of aryl methyl sites for hydroxylation is 1. The summed E-state index contributed by atoms with van der Waals surface area (Å²) in [6, 6.07) is 7.87. The van der Waals surface area contributed by atoms with Crippen LogP contribution >= 0.6 is 22.9 Å². The molecule has 6 rings (SSSR count). The van der Waals surface area contributed by atoms with Crippen LogP contribution < -0.4 is 10.1 Å². The standard InChI is InChI=1S/C28H30ClN3O3S/c1-14-8-15(29)9-18(23(14)35-20-11-30-13-27(20,2)3)17-6-7-31-19-10-16(36-24(17)19)12-32-25(33)21-22(26(32)34)28(21,4)5/h6-10,20-22,30H,11-13H2,1-5H3. The summed E-state index contributed by atoms with van der Waals surface area (Å²) in [5, 5.41) is 4.09. The molecule has 0 bridgehead atoms. The fraction of sp³-hybridized carbons (Fsp3) is 0.464. The molecule has 3 aromatic rings. The summed E-state index contributed by atoms with van der Waals surface area (Å²) in [6.45, 7) is 12.4. The number of carbonyl (C=O) groups is 2. The zero-order valence-electron chi connectivity index (χ0n) is 21.1. The van der Waals surface area contributed by atoms with Crippen molar-refractivity contribution in [2.24, 2.45) is 22.7 Å². The summed E-state index contributed by atoms with van der Waals surface area (Å²) in [5.74, 6) is 0.396. The van der Waals surface area contributed by atoms with Gasteiger partial charge in [-0.2, -0.15) is 0 Å². The van der Waals surface area contributed by atoms with Gasteiger partial charge in [-0.1, -0.05) is 39.3 Å². The average molecular weight is 524 g/mol. The molecule has 8 heteroatoms. The van der Waals surface area contributed by atoms with Crippen LogP contribution in [0.4, 0.5) is 0 Å². The van der Waals surface area contributed by atoms with Crippen LogP contribution in [0.15, 0.2) is 30.5 Å². The number of pyridine rings is 1. The van der Waals surface area contributed by atoms with Gasteiger partial charge in [0.25, 0.3) is 0 Å². The molecule has 3 aliphatic rings. The van der Waals surface area contributed by atoms with Crippen molar-refractivity contribution in [2.75, 3.05) is 13.1 Å². The van der Waals surface area contributed by atoms with Crippen molar-refractivity contribution in [3.8, 4) is 16.9 Å². The molecule has 3 fully saturated rings. The van der Waals surface area contributed by atoms with E-state index in [0.29, 0.717) is 11.6 Å². The van der Waals surface area contributed by atoms with E-state index in [1.807, 2.05) is 45.0 Å². The summed E-state index contributed by atoms with van der Waals surface area (Å²) >= 11 is 8.09. The van der Waals surface area contributed by atoms with Crippen LogP contribution in [0.25, 0.3) is 21.3 Å². The van der Waals surface area contributed by atoms with Crippen LogP contribution in [-0.2, 0) is 16.1 Å². The third-order valence-electron chi connectivity index (χ3n) is 8.24. The molecule has 1 N–H and O–H groups in total. The maximum absolute atomic E-state index is 12.9. The Hall–Kier alpha value is -2.48. The Labute approximate surface area is 220 Å². The Bertz CT molecular complexity index is 1400. The van der Waals surface area contributed by atoms with Crippen LogP contribution in [0.3, 0.4) is 0 Å². The lowest BCUT2D eigenvalue weighted by Gasteiger charge is -2.28. The summed E-state index contributed by atoms with van der Waals surface area (Å²) in [4.78, 5) is 32.7. The van der Waals surface area contributed by atoms with E-state index in [-0.39, 0.29) is 40.6 Å². The second-order valence-corrected chi connectivity index (χ2v) is 13.2. The highest BCUT2D eigenvalue weighted by Crippen LogP contribution is 2.63. The summed E-state index contributed by atoms with van der Waals surface area (Å²) in [7, 11) is 0. The van der Waals surface area contributed by atoms with Gasteiger partial charge in [0.2, 0.25) is 11.8 Å². The number of nitrogens with one attached hydrogen (secondary N) is 1. The number of nitrogens with zero attached hydrogens (tertiary/aromatic N) is 2. The van der Waals surface area contributed by atoms with Gasteiger partial charge < -0.3 is 10.1 Å². The Kier molecular flexibility index (Phi) is 5.31. The zero-order chi connectivity index (χ0) is 25.6. The van der Waals surface area contributed by atoms with E-state index < -0.39 is 0 Å². The minimum Gasteiger partial charge on any atom is -0.488 e. The van der Waals surface area contributed by atoms with Crippen molar-refractivity contribution in [1.82, 2.24) is 15.2 Å². The molecule has 2 aromatic heterocycles. The van der Waals surface area contributed by atoms with E-state index in [0.717, 1.165) is 50.6 Å². The summed E-state index contributed by atoms with van der Waals surface area (Å²) in [5.41, 5.74) is 3.55. The first-order valence-corrected chi connectivity index (χ1v) is 13.6. The maximum Gasteiger partial charge on any atom is 0.234 e. The third kappa shape index (κ3) is 3.58. The lowest BCUT2D eigenvalue weighted by molar-refractivity contribution is -0.143. The van der Waals surface area contributed by atoms with Crippen LogP contribution in [0.1, 0.15) is 38.1 Å². The van der Waals surface area contributed by atoms with Crippen LogP contribution in [0, 0.1) is 29.6 Å². The highest BCUT2D eigenvalue weighted by atomic mass is 35.5.